The van der Waals surface area contributed by atoms with Crippen molar-refractivity contribution in [2.24, 2.45) is 11.3 Å². The Morgan fingerprint density at radius 3 is 2.58 bits per heavy atom. The number of alkyl halides is 4. The fourth-order valence-corrected chi connectivity index (χ4v) is 6.42. The average Bonchev–Trinajstić information content (AvgIpc) is 3.53. The number of anilines is 1. The zero-order valence-electron chi connectivity index (χ0n) is 20.2. The molecule has 3 aliphatic carbocycles. The van der Waals surface area contributed by atoms with E-state index in [1.54, 1.807) is 24.8 Å². The minimum Gasteiger partial charge on any atom is -0.363 e. The molecule has 3 fully saturated rings. The molecule has 3 aromatic rings. The molecular formula is C25H26F4N6O. The minimum atomic E-state index is -4.45. The van der Waals surface area contributed by atoms with Crippen molar-refractivity contribution in [3.63, 3.8) is 0 Å². The van der Waals surface area contributed by atoms with Crippen LogP contribution in [0.25, 0.3) is 5.78 Å². The van der Waals surface area contributed by atoms with Gasteiger partial charge in [-0.15, -0.1) is 10.2 Å². The standard InChI is InChI=1S/C25H26F4N6O/c1-12-16(5-4-6-18(12)25(27,28)29)13(2)30-21-17-10-34(22(36)24-7-15(8-24)19(26)9-24)11-20(17)35-14(3)32-33-23(35)31-21/h4-6,13,15,19H,7-11H2,1-3H3,(H,30,31,33)/t13-,15?,19+,24?/m1/s1. The van der Waals surface area contributed by atoms with Crippen LogP contribution in [0, 0.1) is 25.2 Å². The van der Waals surface area contributed by atoms with E-state index in [1.165, 1.54) is 13.0 Å². The second kappa shape index (κ2) is 7.63. The lowest BCUT2D eigenvalue weighted by atomic mass is 9.69. The van der Waals surface area contributed by atoms with Crippen LogP contribution in [0.3, 0.4) is 0 Å². The van der Waals surface area contributed by atoms with Crippen LogP contribution >= 0.6 is 0 Å². The van der Waals surface area contributed by atoms with E-state index >= 15 is 0 Å². The van der Waals surface area contributed by atoms with E-state index in [0.717, 1.165) is 17.3 Å². The van der Waals surface area contributed by atoms with Crippen LogP contribution in [-0.4, -0.2) is 36.6 Å². The molecule has 0 unspecified atom stereocenters. The molecule has 1 aliphatic heterocycles. The summed E-state index contributed by atoms with van der Waals surface area (Å²) in [5, 5.41) is 11.5. The zero-order valence-corrected chi connectivity index (χ0v) is 20.2. The molecule has 4 aliphatic rings. The lowest BCUT2D eigenvalue weighted by Crippen LogP contribution is -2.44. The molecule has 3 heterocycles. The number of amides is 1. The summed E-state index contributed by atoms with van der Waals surface area (Å²) >= 11 is 0. The van der Waals surface area contributed by atoms with E-state index in [-0.39, 0.29) is 30.4 Å². The number of halogens is 4. The molecule has 7 rings (SSSR count). The van der Waals surface area contributed by atoms with E-state index in [1.807, 2.05) is 4.40 Å². The first-order valence-corrected chi connectivity index (χ1v) is 12.1. The first kappa shape index (κ1) is 23.2. The highest BCUT2D eigenvalue weighted by Crippen LogP contribution is 2.61. The van der Waals surface area contributed by atoms with E-state index in [4.69, 9.17) is 0 Å². The third-order valence-electron chi connectivity index (χ3n) is 8.26. The summed E-state index contributed by atoms with van der Waals surface area (Å²) < 4.78 is 56.4. The van der Waals surface area contributed by atoms with Crippen molar-refractivity contribution in [1.29, 1.82) is 0 Å². The van der Waals surface area contributed by atoms with Crippen molar-refractivity contribution in [2.45, 2.75) is 71.5 Å². The molecule has 0 saturated heterocycles. The molecule has 36 heavy (non-hydrogen) atoms. The van der Waals surface area contributed by atoms with Gasteiger partial charge in [0.05, 0.1) is 35.8 Å². The minimum absolute atomic E-state index is 0.0128. The maximum Gasteiger partial charge on any atom is 0.416 e. The van der Waals surface area contributed by atoms with Crippen molar-refractivity contribution in [3.8, 4) is 0 Å². The molecule has 1 N–H and O–H groups in total. The zero-order chi connectivity index (χ0) is 25.6. The summed E-state index contributed by atoms with van der Waals surface area (Å²) in [7, 11) is 0. The Labute approximate surface area is 204 Å². The van der Waals surface area contributed by atoms with Gasteiger partial charge in [-0.25, -0.2) is 4.39 Å². The number of nitrogens with zero attached hydrogens (tertiary/aromatic N) is 5. The second-order valence-corrected chi connectivity index (χ2v) is 10.5. The first-order valence-electron chi connectivity index (χ1n) is 12.1. The lowest BCUT2D eigenvalue weighted by molar-refractivity contribution is -0.147. The van der Waals surface area contributed by atoms with Crippen LogP contribution in [0.2, 0.25) is 0 Å². The number of benzene rings is 1. The lowest BCUT2D eigenvalue weighted by Gasteiger charge is -2.39. The summed E-state index contributed by atoms with van der Waals surface area (Å²) in [6, 6.07) is 3.65. The molecule has 190 valence electrons. The maximum atomic E-state index is 14.2. The number of fused-ring (bicyclic) bond motifs is 4. The number of hydrogen-bond donors (Lipinski definition) is 1. The monoisotopic (exact) mass is 502 g/mol. The predicted molar refractivity (Wildman–Crippen MR) is 123 cm³/mol. The summed E-state index contributed by atoms with van der Waals surface area (Å²) in [6.07, 6.45) is -3.90. The van der Waals surface area contributed by atoms with Crippen LogP contribution in [0.1, 0.15) is 66.0 Å². The van der Waals surface area contributed by atoms with E-state index < -0.39 is 29.4 Å². The molecule has 2 atom stereocenters. The number of nitrogens with one attached hydrogen (secondary N) is 1. The van der Waals surface area contributed by atoms with Crippen molar-refractivity contribution >= 4 is 17.5 Å². The van der Waals surface area contributed by atoms with Crippen LogP contribution in [0.15, 0.2) is 18.2 Å². The second-order valence-electron chi connectivity index (χ2n) is 10.5. The smallest absolute Gasteiger partial charge is 0.363 e. The average molecular weight is 503 g/mol. The summed E-state index contributed by atoms with van der Waals surface area (Å²) in [6.45, 7) is 5.65. The number of rotatable bonds is 4. The predicted octanol–water partition coefficient (Wildman–Crippen LogP) is 4.91. The molecule has 1 aromatic carbocycles. The Hall–Kier alpha value is -3.24. The number of aromatic nitrogens is 4. The maximum absolute atomic E-state index is 14.2. The van der Waals surface area contributed by atoms with Gasteiger partial charge < -0.3 is 10.2 Å². The highest BCUT2D eigenvalue weighted by Gasteiger charge is 2.62. The molecule has 3 saturated carbocycles. The van der Waals surface area contributed by atoms with Crippen LogP contribution in [0.4, 0.5) is 23.4 Å². The molecule has 2 bridgehead atoms. The Kier molecular flexibility index (Phi) is 4.91. The van der Waals surface area contributed by atoms with Crippen molar-refractivity contribution in [3.05, 3.63) is 52.0 Å². The van der Waals surface area contributed by atoms with Gasteiger partial charge in [-0.05, 0) is 63.1 Å². The third kappa shape index (κ3) is 3.31. The number of carbonyl (C=O) groups excluding carboxylic acids is 1. The summed E-state index contributed by atoms with van der Waals surface area (Å²) in [5.74, 6) is 1.39. The van der Waals surface area contributed by atoms with E-state index in [9.17, 15) is 22.4 Å². The van der Waals surface area contributed by atoms with Gasteiger partial charge in [-0.1, -0.05) is 12.1 Å². The highest BCUT2D eigenvalue weighted by atomic mass is 19.4. The third-order valence-corrected chi connectivity index (χ3v) is 8.26. The van der Waals surface area contributed by atoms with Gasteiger partial charge >= 0.3 is 6.18 Å². The van der Waals surface area contributed by atoms with Crippen LogP contribution in [-0.2, 0) is 24.1 Å². The summed E-state index contributed by atoms with van der Waals surface area (Å²) in [4.78, 5) is 19.8. The van der Waals surface area contributed by atoms with Crippen LogP contribution < -0.4 is 5.32 Å². The van der Waals surface area contributed by atoms with Crippen LogP contribution in [0.5, 0.6) is 0 Å². The highest BCUT2D eigenvalue weighted by molar-refractivity contribution is 5.85. The fourth-order valence-electron chi connectivity index (χ4n) is 6.42. The number of carbonyl (C=O) groups is 1. The Bertz CT molecular complexity index is 1390. The van der Waals surface area contributed by atoms with Gasteiger partial charge in [0.1, 0.15) is 17.8 Å². The Morgan fingerprint density at radius 1 is 1.17 bits per heavy atom. The molecule has 1 amide bonds. The topological polar surface area (TPSA) is 75.4 Å². The van der Waals surface area contributed by atoms with Gasteiger partial charge in [-0.3, -0.25) is 9.20 Å². The number of aryl methyl sites for hydroxylation is 1. The molecular weight excluding hydrogens is 476 g/mol. The molecule has 0 spiro atoms. The normalized spacial score (nSPS) is 25.7. The van der Waals surface area contributed by atoms with E-state index in [0.29, 0.717) is 42.4 Å². The van der Waals surface area contributed by atoms with E-state index in [2.05, 4.69) is 20.5 Å². The van der Waals surface area contributed by atoms with Gasteiger partial charge in [-0.2, -0.15) is 18.2 Å². The van der Waals surface area contributed by atoms with Gasteiger partial charge in [0, 0.05) is 5.56 Å². The van der Waals surface area contributed by atoms with Gasteiger partial charge in [0.25, 0.3) is 5.78 Å². The SMILES string of the molecule is Cc1c([C@@H](C)Nc2nc3nnc(C)n3c3c2CN(C(=O)C24CC(C2)[C@@H](F)C4)C3)cccc1C(F)(F)F. The molecule has 2 aromatic heterocycles. The molecule has 7 nitrogen and oxygen atoms in total. The summed E-state index contributed by atoms with van der Waals surface area (Å²) in [5.41, 5.74) is 0.956. The number of hydrogen-bond acceptors (Lipinski definition) is 5. The first-order chi connectivity index (χ1) is 17.0. The van der Waals surface area contributed by atoms with Crippen molar-refractivity contribution < 1.29 is 22.4 Å². The fraction of sp³-hybridized carbons (Fsp3) is 0.520. The Morgan fingerprint density at radius 2 is 1.92 bits per heavy atom. The van der Waals surface area contributed by atoms with Gasteiger partial charge in [0.15, 0.2) is 0 Å². The Balaban J connectivity index is 1.34. The largest absolute Gasteiger partial charge is 0.416 e. The quantitative estimate of drug-likeness (QED) is 0.513. The van der Waals surface area contributed by atoms with Gasteiger partial charge in [0.2, 0.25) is 5.91 Å². The van der Waals surface area contributed by atoms with Crippen molar-refractivity contribution in [1.82, 2.24) is 24.5 Å². The molecule has 11 heteroatoms. The molecule has 0 radical (unpaired) electrons. The van der Waals surface area contributed by atoms with Crippen molar-refractivity contribution in [2.75, 3.05) is 5.32 Å².